The van der Waals surface area contributed by atoms with Gasteiger partial charge in [0.05, 0.1) is 0 Å². The molecule has 0 aromatic heterocycles. The third-order valence-corrected chi connectivity index (χ3v) is 3.58. The molecule has 0 spiro atoms. The molecule has 0 atom stereocenters. The zero-order valence-corrected chi connectivity index (χ0v) is 10.7. The smallest absolute Gasteiger partial charge is 0.123 e. The zero-order valence-electron chi connectivity index (χ0n) is 10.7. The molecule has 0 fully saturated rings. The van der Waals surface area contributed by atoms with E-state index in [4.69, 9.17) is 0 Å². The van der Waals surface area contributed by atoms with Crippen molar-refractivity contribution in [3.05, 3.63) is 35.6 Å². The Kier molecular flexibility index (Phi) is 5.59. The first-order chi connectivity index (χ1) is 8.15. The summed E-state index contributed by atoms with van der Waals surface area (Å²) in [5, 5.41) is 12.8. The lowest BCUT2D eigenvalue weighted by Gasteiger charge is -2.29. The SMILES string of the molecule is CCC(CC)(CO)CNCc1ccc(F)cc1. The highest BCUT2D eigenvalue weighted by Gasteiger charge is 2.24. The van der Waals surface area contributed by atoms with Gasteiger partial charge in [-0.15, -0.1) is 0 Å². The minimum atomic E-state index is -0.208. The molecule has 1 aromatic rings. The van der Waals surface area contributed by atoms with Gasteiger partial charge in [0.1, 0.15) is 5.82 Å². The normalized spacial score (nSPS) is 11.8. The minimum Gasteiger partial charge on any atom is -0.396 e. The van der Waals surface area contributed by atoms with E-state index in [0.29, 0.717) is 6.54 Å². The van der Waals surface area contributed by atoms with Crippen LogP contribution in [0.1, 0.15) is 32.3 Å². The van der Waals surface area contributed by atoms with E-state index in [2.05, 4.69) is 19.2 Å². The van der Waals surface area contributed by atoms with E-state index in [0.717, 1.165) is 24.9 Å². The lowest BCUT2D eigenvalue weighted by atomic mass is 9.83. The highest BCUT2D eigenvalue weighted by Crippen LogP contribution is 2.24. The van der Waals surface area contributed by atoms with E-state index in [1.54, 1.807) is 12.1 Å². The zero-order chi connectivity index (χ0) is 12.7. The number of hydrogen-bond donors (Lipinski definition) is 2. The summed E-state index contributed by atoms with van der Waals surface area (Å²) in [6.45, 7) is 5.89. The molecule has 0 radical (unpaired) electrons. The van der Waals surface area contributed by atoms with Gasteiger partial charge in [0, 0.05) is 25.1 Å². The Morgan fingerprint density at radius 3 is 2.24 bits per heavy atom. The summed E-state index contributed by atoms with van der Waals surface area (Å²) in [6, 6.07) is 6.49. The Labute approximate surface area is 103 Å². The second-order valence-corrected chi connectivity index (χ2v) is 4.60. The largest absolute Gasteiger partial charge is 0.396 e. The Morgan fingerprint density at radius 2 is 1.76 bits per heavy atom. The van der Waals surface area contributed by atoms with Crippen molar-refractivity contribution in [3.63, 3.8) is 0 Å². The quantitative estimate of drug-likeness (QED) is 0.767. The average Bonchev–Trinajstić information content (AvgIpc) is 2.38. The molecule has 0 saturated heterocycles. The number of hydrogen-bond acceptors (Lipinski definition) is 2. The van der Waals surface area contributed by atoms with E-state index >= 15 is 0 Å². The second kappa shape index (κ2) is 6.72. The monoisotopic (exact) mass is 239 g/mol. The highest BCUT2D eigenvalue weighted by atomic mass is 19.1. The van der Waals surface area contributed by atoms with E-state index in [9.17, 15) is 9.50 Å². The van der Waals surface area contributed by atoms with Crippen LogP contribution in [0.25, 0.3) is 0 Å². The van der Waals surface area contributed by atoms with Gasteiger partial charge in [-0.05, 0) is 30.5 Å². The lowest BCUT2D eigenvalue weighted by molar-refractivity contribution is 0.113. The molecule has 0 unspecified atom stereocenters. The maximum Gasteiger partial charge on any atom is 0.123 e. The van der Waals surface area contributed by atoms with Gasteiger partial charge in [0.25, 0.3) is 0 Å². The van der Waals surface area contributed by atoms with Crippen molar-refractivity contribution < 1.29 is 9.50 Å². The summed E-state index contributed by atoms with van der Waals surface area (Å²) in [7, 11) is 0. The predicted octanol–water partition coefficient (Wildman–Crippen LogP) is 2.71. The van der Waals surface area contributed by atoms with Gasteiger partial charge < -0.3 is 10.4 Å². The van der Waals surface area contributed by atoms with Crippen molar-refractivity contribution in [2.45, 2.75) is 33.2 Å². The maximum atomic E-state index is 12.7. The molecule has 1 aromatic carbocycles. The van der Waals surface area contributed by atoms with Crippen LogP contribution in [0.5, 0.6) is 0 Å². The molecule has 0 heterocycles. The highest BCUT2D eigenvalue weighted by molar-refractivity contribution is 5.15. The molecule has 96 valence electrons. The maximum absolute atomic E-state index is 12.7. The van der Waals surface area contributed by atoms with Crippen molar-refractivity contribution >= 4 is 0 Å². The van der Waals surface area contributed by atoms with Gasteiger partial charge in [-0.1, -0.05) is 26.0 Å². The van der Waals surface area contributed by atoms with E-state index in [-0.39, 0.29) is 17.8 Å². The first kappa shape index (κ1) is 14.1. The van der Waals surface area contributed by atoms with Crippen molar-refractivity contribution in [2.75, 3.05) is 13.2 Å². The molecule has 0 aliphatic carbocycles. The van der Waals surface area contributed by atoms with E-state index in [1.165, 1.54) is 12.1 Å². The van der Waals surface area contributed by atoms with E-state index in [1.807, 2.05) is 0 Å². The fourth-order valence-corrected chi connectivity index (χ4v) is 1.85. The molecule has 0 bridgehead atoms. The molecule has 2 N–H and O–H groups in total. The van der Waals surface area contributed by atoms with Crippen LogP contribution >= 0.6 is 0 Å². The van der Waals surface area contributed by atoms with Gasteiger partial charge >= 0.3 is 0 Å². The molecule has 0 saturated carbocycles. The van der Waals surface area contributed by atoms with Gasteiger partial charge in [0.2, 0.25) is 0 Å². The summed E-state index contributed by atoms with van der Waals surface area (Å²) in [6.07, 6.45) is 1.91. The molecule has 2 nitrogen and oxygen atoms in total. The summed E-state index contributed by atoms with van der Waals surface area (Å²) >= 11 is 0. The van der Waals surface area contributed by atoms with Crippen LogP contribution < -0.4 is 5.32 Å². The van der Waals surface area contributed by atoms with E-state index < -0.39 is 0 Å². The second-order valence-electron chi connectivity index (χ2n) is 4.60. The first-order valence-electron chi connectivity index (χ1n) is 6.22. The van der Waals surface area contributed by atoms with Crippen LogP contribution in [0.2, 0.25) is 0 Å². The molecule has 1 rings (SSSR count). The number of aliphatic hydroxyl groups excluding tert-OH is 1. The topological polar surface area (TPSA) is 32.3 Å². The van der Waals surface area contributed by atoms with Gasteiger partial charge in [-0.3, -0.25) is 0 Å². The van der Waals surface area contributed by atoms with Crippen LogP contribution in [-0.2, 0) is 6.54 Å². The average molecular weight is 239 g/mol. The molecule has 0 aliphatic rings. The molecular weight excluding hydrogens is 217 g/mol. The van der Waals surface area contributed by atoms with Crippen molar-refractivity contribution in [2.24, 2.45) is 5.41 Å². The fraction of sp³-hybridized carbons (Fsp3) is 0.571. The van der Waals surface area contributed by atoms with Crippen LogP contribution in [0, 0.1) is 11.2 Å². The molecule has 17 heavy (non-hydrogen) atoms. The Bertz CT molecular complexity index is 311. The number of nitrogens with one attached hydrogen (secondary N) is 1. The molecule has 0 amide bonds. The fourth-order valence-electron chi connectivity index (χ4n) is 1.85. The summed E-state index contributed by atoms with van der Waals surface area (Å²) < 4.78 is 12.7. The van der Waals surface area contributed by atoms with Crippen LogP contribution in [0.4, 0.5) is 4.39 Å². The van der Waals surface area contributed by atoms with Crippen LogP contribution in [0.15, 0.2) is 24.3 Å². The van der Waals surface area contributed by atoms with Crippen LogP contribution in [-0.4, -0.2) is 18.3 Å². The van der Waals surface area contributed by atoms with Crippen molar-refractivity contribution in [1.29, 1.82) is 0 Å². The van der Waals surface area contributed by atoms with Crippen molar-refractivity contribution in [1.82, 2.24) is 5.32 Å². The van der Waals surface area contributed by atoms with Gasteiger partial charge in [-0.2, -0.15) is 0 Å². The Morgan fingerprint density at radius 1 is 1.18 bits per heavy atom. The predicted molar refractivity (Wildman–Crippen MR) is 68.2 cm³/mol. The number of halogens is 1. The Balaban J connectivity index is 2.43. The van der Waals surface area contributed by atoms with Crippen molar-refractivity contribution in [3.8, 4) is 0 Å². The number of benzene rings is 1. The summed E-state index contributed by atoms with van der Waals surface area (Å²) in [5.41, 5.74) is 1.03. The number of rotatable bonds is 7. The lowest BCUT2D eigenvalue weighted by Crippen LogP contribution is -2.36. The summed E-state index contributed by atoms with van der Waals surface area (Å²) in [4.78, 5) is 0. The standard InChI is InChI=1S/C14H22FNO/c1-3-14(4-2,11-17)10-16-9-12-5-7-13(15)8-6-12/h5-8,16-17H,3-4,9-11H2,1-2H3. The first-order valence-corrected chi connectivity index (χ1v) is 6.22. The van der Waals surface area contributed by atoms with Gasteiger partial charge in [0.15, 0.2) is 0 Å². The van der Waals surface area contributed by atoms with Gasteiger partial charge in [-0.25, -0.2) is 4.39 Å². The van der Waals surface area contributed by atoms with Crippen LogP contribution in [0.3, 0.4) is 0 Å². The molecule has 0 aliphatic heterocycles. The third-order valence-electron chi connectivity index (χ3n) is 3.58. The third kappa shape index (κ3) is 4.10. The molecular formula is C14H22FNO. The Hall–Kier alpha value is -0.930. The molecule has 3 heteroatoms. The summed E-state index contributed by atoms with van der Waals surface area (Å²) in [5.74, 6) is -0.208. The number of aliphatic hydroxyl groups is 1. The minimum absolute atomic E-state index is 0.0277.